The van der Waals surface area contributed by atoms with E-state index in [1.54, 1.807) is 20.9 Å². The molecule has 1 N–H and O–H groups in total. The molecule has 17 heavy (non-hydrogen) atoms. The molecule has 0 rings (SSSR count). The van der Waals surface area contributed by atoms with Crippen LogP contribution in [0.3, 0.4) is 0 Å². The van der Waals surface area contributed by atoms with Crippen LogP contribution in [0.1, 0.15) is 33.6 Å². The number of aliphatic carboxylic acids is 1. The minimum Gasteiger partial charge on any atom is -0.481 e. The van der Waals surface area contributed by atoms with E-state index in [9.17, 15) is 9.59 Å². The van der Waals surface area contributed by atoms with Crippen molar-refractivity contribution in [3.05, 3.63) is 0 Å². The first-order valence-corrected chi connectivity index (χ1v) is 5.99. The third kappa shape index (κ3) is 6.26. The minimum absolute atomic E-state index is 0.172. The van der Waals surface area contributed by atoms with Crippen LogP contribution in [-0.4, -0.2) is 48.2 Å². The molecule has 5 nitrogen and oxygen atoms in total. The normalized spacial score (nSPS) is 14.1. The molecule has 2 unspecified atom stereocenters. The number of nitrogens with zero attached hydrogens (tertiary/aromatic N) is 1. The Morgan fingerprint density at radius 1 is 1.35 bits per heavy atom. The molecule has 0 aromatic rings. The van der Waals surface area contributed by atoms with Crippen LogP contribution in [0.2, 0.25) is 0 Å². The lowest BCUT2D eigenvalue weighted by Crippen LogP contribution is -2.40. The highest BCUT2D eigenvalue weighted by Crippen LogP contribution is 2.03. The molecule has 0 radical (unpaired) electrons. The van der Waals surface area contributed by atoms with Crippen molar-refractivity contribution in [2.75, 3.05) is 20.2 Å². The smallest absolute Gasteiger partial charge is 0.308 e. The van der Waals surface area contributed by atoms with Gasteiger partial charge in [-0.25, -0.2) is 0 Å². The average Bonchev–Trinajstić information content (AvgIpc) is 2.27. The van der Waals surface area contributed by atoms with Gasteiger partial charge in [-0.15, -0.1) is 0 Å². The van der Waals surface area contributed by atoms with E-state index in [1.807, 2.05) is 0 Å². The summed E-state index contributed by atoms with van der Waals surface area (Å²) in [4.78, 5) is 23.9. The van der Waals surface area contributed by atoms with E-state index >= 15 is 0 Å². The molecule has 0 aliphatic carbocycles. The number of amides is 1. The molecule has 0 aliphatic rings. The zero-order valence-corrected chi connectivity index (χ0v) is 11.1. The van der Waals surface area contributed by atoms with Gasteiger partial charge in [0.2, 0.25) is 0 Å². The largest absolute Gasteiger partial charge is 0.481 e. The number of hydrogen-bond donors (Lipinski definition) is 1. The fourth-order valence-corrected chi connectivity index (χ4v) is 1.36. The Morgan fingerprint density at radius 2 is 1.94 bits per heavy atom. The van der Waals surface area contributed by atoms with E-state index in [4.69, 9.17) is 9.84 Å². The summed E-state index contributed by atoms with van der Waals surface area (Å²) in [6.45, 7) is 6.09. The van der Waals surface area contributed by atoms with Crippen LogP contribution in [0, 0.1) is 5.92 Å². The first-order valence-electron chi connectivity index (χ1n) is 5.99. The fraction of sp³-hybridized carbons (Fsp3) is 0.833. The van der Waals surface area contributed by atoms with Crippen LogP contribution in [-0.2, 0) is 14.3 Å². The van der Waals surface area contributed by atoms with Gasteiger partial charge in [-0.05, 0) is 13.3 Å². The van der Waals surface area contributed by atoms with Crippen LogP contribution >= 0.6 is 0 Å². The zero-order chi connectivity index (χ0) is 13.4. The van der Waals surface area contributed by atoms with E-state index in [-0.39, 0.29) is 12.5 Å². The third-order valence-corrected chi connectivity index (χ3v) is 2.56. The second-order valence-electron chi connectivity index (χ2n) is 4.32. The van der Waals surface area contributed by atoms with Gasteiger partial charge >= 0.3 is 5.97 Å². The summed E-state index contributed by atoms with van der Waals surface area (Å²) in [6, 6.07) is 0. The van der Waals surface area contributed by atoms with Gasteiger partial charge in [0.15, 0.2) is 0 Å². The number of unbranched alkanes of at least 4 members (excludes halogenated alkanes) is 1. The molecule has 1 amide bonds. The Morgan fingerprint density at radius 3 is 2.41 bits per heavy atom. The summed E-state index contributed by atoms with van der Waals surface area (Å²) < 4.78 is 5.37. The van der Waals surface area contributed by atoms with E-state index in [2.05, 4.69) is 6.92 Å². The van der Waals surface area contributed by atoms with Gasteiger partial charge in [0.25, 0.3) is 5.91 Å². The first kappa shape index (κ1) is 15.9. The van der Waals surface area contributed by atoms with Gasteiger partial charge in [0, 0.05) is 20.2 Å². The lowest BCUT2D eigenvalue weighted by Gasteiger charge is -2.23. The first-order chi connectivity index (χ1) is 7.90. The number of likely N-dealkylation sites (N-methyl/N-ethyl adjacent to an activating group) is 1. The maximum Gasteiger partial charge on any atom is 0.308 e. The molecule has 0 fully saturated rings. The van der Waals surface area contributed by atoms with Crippen LogP contribution in [0.15, 0.2) is 0 Å². The number of carboxylic acids is 1. The summed E-state index contributed by atoms with van der Waals surface area (Å²) in [7, 11) is 1.60. The Bertz CT molecular complexity index is 255. The molecule has 0 aromatic heterocycles. The van der Waals surface area contributed by atoms with Gasteiger partial charge in [-0.3, -0.25) is 9.59 Å². The molecular formula is C12H23NO4. The van der Waals surface area contributed by atoms with Crippen LogP contribution in [0.4, 0.5) is 0 Å². The molecule has 0 saturated heterocycles. The highest BCUT2D eigenvalue weighted by molar-refractivity contribution is 5.81. The fourth-order valence-electron chi connectivity index (χ4n) is 1.36. The molecule has 0 saturated carbocycles. The molecule has 0 spiro atoms. The zero-order valence-electron chi connectivity index (χ0n) is 11.1. The minimum atomic E-state index is -0.899. The average molecular weight is 245 g/mol. The highest BCUT2D eigenvalue weighted by Gasteiger charge is 2.21. The Kier molecular flexibility index (Phi) is 7.54. The quantitative estimate of drug-likeness (QED) is 0.656. The van der Waals surface area contributed by atoms with Crippen molar-refractivity contribution >= 4 is 11.9 Å². The molecule has 2 atom stereocenters. The Balaban J connectivity index is 4.06. The van der Waals surface area contributed by atoms with Gasteiger partial charge in [0.1, 0.15) is 6.10 Å². The molecule has 0 bridgehead atoms. The van der Waals surface area contributed by atoms with Gasteiger partial charge in [-0.2, -0.15) is 0 Å². The number of hydrogen-bond acceptors (Lipinski definition) is 3. The number of carboxylic acid groups (broad SMARTS) is 1. The van der Waals surface area contributed by atoms with E-state index in [0.717, 1.165) is 12.8 Å². The standard InChI is InChI=1S/C12H23NO4/c1-5-6-7-17-10(3)11(14)13(4)8-9(2)12(15)16/h9-10H,5-8H2,1-4H3,(H,15,16). The summed E-state index contributed by atoms with van der Waals surface area (Å²) >= 11 is 0. The molecule has 0 aromatic carbocycles. The van der Waals surface area contributed by atoms with Crippen LogP contribution in [0.25, 0.3) is 0 Å². The predicted molar refractivity (Wildman–Crippen MR) is 64.8 cm³/mol. The predicted octanol–water partition coefficient (Wildman–Crippen LogP) is 1.37. The van der Waals surface area contributed by atoms with Gasteiger partial charge in [-0.1, -0.05) is 20.3 Å². The SMILES string of the molecule is CCCCOC(C)C(=O)N(C)CC(C)C(=O)O. The molecule has 0 heterocycles. The van der Waals surface area contributed by atoms with Crippen molar-refractivity contribution in [2.24, 2.45) is 5.92 Å². The number of carbonyl (C=O) groups excluding carboxylic acids is 1. The molecule has 0 aliphatic heterocycles. The second-order valence-corrected chi connectivity index (χ2v) is 4.32. The summed E-state index contributed by atoms with van der Waals surface area (Å²) in [6.07, 6.45) is 1.44. The van der Waals surface area contributed by atoms with Crippen molar-refractivity contribution in [1.29, 1.82) is 0 Å². The Hall–Kier alpha value is -1.10. The monoisotopic (exact) mass is 245 g/mol. The third-order valence-electron chi connectivity index (χ3n) is 2.56. The highest BCUT2D eigenvalue weighted by atomic mass is 16.5. The van der Waals surface area contributed by atoms with Crippen molar-refractivity contribution < 1.29 is 19.4 Å². The van der Waals surface area contributed by atoms with Crippen molar-refractivity contribution in [3.63, 3.8) is 0 Å². The van der Waals surface area contributed by atoms with Crippen LogP contribution in [0.5, 0.6) is 0 Å². The molecule has 5 heteroatoms. The topological polar surface area (TPSA) is 66.8 Å². The van der Waals surface area contributed by atoms with Crippen molar-refractivity contribution in [2.45, 2.75) is 39.7 Å². The number of carbonyl (C=O) groups is 2. The lowest BCUT2D eigenvalue weighted by molar-refractivity contribution is -0.146. The van der Waals surface area contributed by atoms with E-state index in [0.29, 0.717) is 6.61 Å². The van der Waals surface area contributed by atoms with Crippen molar-refractivity contribution in [1.82, 2.24) is 4.90 Å². The lowest BCUT2D eigenvalue weighted by atomic mass is 10.1. The summed E-state index contributed by atoms with van der Waals surface area (Å²) in [5, 5.41) is 8.76. The van der Waals surface area contributed by atoms with E-state index < -0.39 is 18.0 Å². The van der Waals surface area contributed by atoms with Crippen molar-refractivity contribution in [3.8, 4) is 0 Å². The molecule has 100 valence electrons. The van der Waals surface area contributed by atoms with Gasteiger partial charge in [0.05, 0.1) is 5.92 Å². The number of ether oxygens (including phenoxy) is 1. The Labute approximate surface area is 103 Å². The van der Waals surface area contributed by atoms with Gasteiger partial charge < -0.3 is 14.7 Å². The maximum absolute atomic E-state index is 11.8. The second kappa shape index (κ2) is 8.06. The molecular weight excluding hydrogens is 222 g/mol. The summed E-state index contributed by atoms with van der Waals surface area (Å²) in [5.74, 6) is -1.63. The maximum atomic E-state index is 11.8. The number of rotatable bonds is 8. The van der Waals surface area contributed by atoms with E-state index in [1.165, 1.54) is 4.90 Å². The summed E-state index contributed by atoms with van der Waals surface area (Å²) in [5.41, 5.74) is 0. The van der Waals surface area contributed by atoms with Crippen LogP contribution < -0.4 is 0 Å².